The molecule has 2 heterocycles. The molecule has 2 aliphatic heterocycles. The Balaban J connectivity index is 1.59. The number of carbonyl (C=O) groups excluding carboxylic acids is 2. The highest BCUT2D eigenvalue weighted by Gasteiger charge is 2.35. The van der Waals surface area contributed by atoms with E-state index in [1.54, 1.807) is 18.2 Å². The number of piperidine rings is 1. The summed E-state index contributed by atoms with van der Waals surface area (Å²) in [5, 5.41) is 3.27. The summed E-state index contributed by atoms with van der Waals surface area (Å²) in [6, 6.07) is 5.16. The first kappa shape index (κ1) is 14.7. The highest BCUT2D eigenvalue weighted by atomic mass is 79.9. The van der Waals surface area contributed by atoms with Crippen molar-refractivity contribution >= 4 is 27.7 Å². The van der Waals surface area contributed by atoms with Crippen LogP contribution in [0.25, 0.3) is 0 Å². The molecule has 1 aromatic rings. The molecular weight excluding hydrogens is 336 g/mol. The number of benzene rings is 1. The van der Waals surface area contributed by atoms with Gasteiger partial charge in [0, 0.05) is 4.47 Å². The molecule has 1 saturated heterocycles. The Morgan fingerprint density at radius 3 is 2.67 bits per heavy atom. The lowest BCUT2D eigenvalue weighted by atomic mass is 10.1. The van der Waals surface area contributed by atoms with Crippen LogP contribution in [0, 0.1) is 0 Å². The molecule has 0 unspecified atom stereocenters. The zero-order valence-corrected chi connectivity index (χ0v) is 13.2. The number of amides is 2. The molecule has 5 nitrogen and oxygen atoms in total. The lowest BCUT2D eigenvalue weighted by molar-refractivity contribution is 0.0201. The van der Waals surface area contributed by atoms with E-state index >= 15 is 0 Å². The van der Waals surface area contributed by atoms with E-state index < -0.39 is 0 Å². The molecule has 3 rings (SSSR count). The molecule has 0 bridgehead atoms. The summed E-state index contributed by atoms with van der Waals surface area (Å²) in [5.41, 5.74) is 0.946. The molecule has 0 saturated carbocycles. The second-order valence-electron chi connectivity index (χ2n) is 5.27. The Morgan fingerprint density at radius 1 is 1.19 bits per heavy atom. The van der Waals surface area contributed by atoms with E-state index in [1.807, 2.05) is 0 Å². The molecule has 6 heteroatoms. The van der Waals surface area contributed by atoms with Crippen LogP contribution in [0.4, 0.5) is 0 Å². The average Bonchev–Trinajstić information content (AvgIpc) is 2.73. The van der Waals surface area contributed by atoms with Gasteiger partial charge in [-0.2, -0.15) is 0 Å². The van der Waals surface area contributed by atoms with Crippen molar-refractivity contribution < 1.29 is 14.3 Å². The Bertz CT molecular complexity index is 570. The van der Waals surface area contributed by atoms with Crippen LogP contribution in [0.2, 0.25) is 0 Å². The van der Waals surface area contributed by atoms with Gasteiger partial charge in [0.1, 0.15) is 0 Å². The van der Waals surface area contributed by atoms with Gasteiger partial charge in [-0.3, -0.25) is 14.5 Å². The third kappa shape index (κ3) is 3.02. The number of nitrogens with zero attached hydrogens (tertiary/aromatic N) is 1. The van der Waals surface area contributed by atoms with Crippen LogP contribution in [0.15, 0.2) is 22.7 Å². The largest absolute Gasteiger partial charge is 0.376 e. The van der Waals surface area contributed by atoms with Crippen LogP contribution in [0.1, 0.15) is 33.6 Å². The lowest BCUT2D eigenvalue weighted by Gasteiger charge is -2.24. The second kappa shape index (κ2) is 6.25. The molecule has 0 radical (unpaired) electrons. The number of hydrogen-bond donors (Lipinski definition) is 1. The quantitative estimate of drug-likeness (QED) is 0.839. The van der Waals surface area contributed by atoms with Crippen LogP contribution in [0.5, 0.6) is 0 Å². The topological polar surface area (TPSA) is 58.6 Å². The van der Waals surface area contributed by atoms with Gasteiger partial charge in [-0.1, -0.05) is 15.9 Å². The number of ether oxygens (including phenoxy) is 1. The van der Waals surface area contributed by atoms with E-state index in [0.717, 1.165) is 30.4 Å². The Morgan fingerprint density at radius 2 is 1.90 bits per heavy atom. The van der Waals surface area contributed by atoms with E-state index in [9.17, 15) is 9.59 Å². The minimum Gasteiger partial charge on any atom is -0.376 e. The van der Waals surface area contributed by atoms with Crippen molar-refractivity contribution in [3.8, 4) is 0 Å². The van der Waals surface area contributed by atoms with Crippen LogP contribution in [-0.2, 0) is 4.74 Å². The molecule has 112 valence electrons. The number of nitrogens with one attached hydrogen (secondary N) is 1. The van der Waals surface area contributed by atoms with E-state index in [2.05, 4.69) is 21.2 Å². The second-order valence-corrected chi connectivity index (χ2v) is 6.19. The lowest BCUT2D eigenvalue weighted by Crippen LogP contribution is -2.36. The highest BCUT2D eigenvalue weighted by Crippen LogP contribution is 2.25. The number of halogens is 1. The van der Waals surface area contributed by atoms with Crippen LogP contribution in [-0.4, -0.2) is 49.1 Å². The molecule has 1 N–H and O–H groups in total. The summed E-state index contributed by atoms with van der Waals surface area (Å²) in [6.45, 7) is 2.64. The summed E-state index contributed by atoms with van der Waals surface area (Å²) in [6.07, 6.45) is 2.19. The first-order valence-electron chi connectivity index (χ1n) is 7.15. The number of imide groups is 1. The monoisotopic (exact) mass is 352 g/mol. The fourth-order valence-corrected chi connectivity index (χ4v) is 3.10. The van der Waals surface area contributed by atoms with Crippen LogP contribution in [0.3, 0.4) is 0 Å². The SMILES string of the molecule is O=C1c2ccc(Br)cc2C(=O)N1CCOC1CCNCC1. The maximum absolute atomic E-state index is 12.3. The van der Waals surface area contributed by atoms with Crippen LogP contribution >= 0.6 is 15.9 Å². The van der Waals surface area contributed by atoms with Gasteiger partial charge in [0.15, 0.2) is 0 Å². The maximum atomic E-state index is 12.3. The molecular formula is C15H17BrN2O3. The molecule has 0 aliphatic carbocycles. The van der Waals surface area contributed by atoms with E-state index in [-0.39, 0.29) is 17.9 Å². The molecule has 1 aromatic carbocycles. The van der Waals surface area contributed by atoms with Crippen LogP contribution < -0.4 is 5.32 Å². The minimum absolute atomic E-state index is 0.226. The minimum atomic E-state index is -0.231. The number of fused-ring (bicyclic) bond motifs is 1. The van der Waals surface area contributed by atoms with E-state index in [1.165, 1.54) is 4.90 Å². The predicted molar refractivity (Wildman–Crippen MR) is 81.4 cm³/mol. The van der Waals surface area contributed by atoms with Crippen molar-refractivity contribution in [2.75, 3.05) is 26.2 Å². The van der Waals surface area contributed by atoms with Gasteiger partial charge in [-0.25, -0.2) is 0 Å². The van der Waals surface area contributed by atoms with Crippen molar-refractivity contribution in [3.63, 3.8) is 0 Å². The third-order valence-corrected chi connectivity index (χ3v) is 4.38. The molecule has 21 heavy (non-hydrogen) atoms. The van der Waals surface area contributed by atoms with Crippen molar-refractivity contribution in [3.05, 3.63) is 33.8 Å². The first-order valence-corrected chi connectivity index (χ1v) is 7.94. The van der Waals surface area contributed by atoms with Gasteiger partial charge in [0.2, 0.25) is 0 Å². The van der Waals surface area contributed by atoms with Crippen molar-refractivity contribution in [1.29, 1.82) is 0 Å². The molecule has 2 aliphatic rings. The maximum Gasteiger partial charge on any atom is 0.261 e. The van der Waals surface area contributed by atoms with Crippen molar-refractivity contribution in [1.82, 2.24) is 10.2 Å². The normalized spacial score (nSPS) is 19.2. The molecule has 1 fully saturated rings. The van der Waals surface area contributed by atoms with Gasteiger partial charge in [-0.15, -0.1) is 0 Å². The Kier molecular flexibility index (Phi) is 4.37. The summed E-state index contributed by atoms with van der Waals surface area (Å²) in [7, 11) is 0. The summed E-state index contributed by atoms with van der Waals surface area (Å²) in [4.78, 5) is 25.8. The number of rotatable bonds is 4. The van der Waals surface area contributed by atoms with Crippen molar-refractivity contribution in [2.45, 2.75) is 18.9 Å². The number of carbonyl (C=O) groups is 2. The summed E-state index contributed by atoms with van der Waals surface area (Å²) >= 11 is 3.32. The molecule has 2 amide bonds. The van der Waals surface area contributed by atoms with Gasteiger partial charge >= 0.3 is 0 Å². The highest BCUT2D eigenvalue weighted by molar-refractivity contribution is 9.10. The Hall–Kier alpha value is -1.24. The fourth-order valence-electron chi connectivity index (χ4n) is 2.74. The summed E-state index contributed by atoms with van der Waals surface area (Å²) in [5.74, 6) is -0.457. The van der Waals surface area contributed by atoms with Gasteiger partial charge < -0.3 is 10.1 Å². The Labute approximate surface area is 131 Å². The zero-order valence-electron chi connectivity index (χ0n) is 11.6. The first-order chi connectivity index (χ1) is 10.2. The zero-order chi connectivity index (χ0) is 14.8. The fraction of sp³-hybridized carbons (Fsp3) is 0.467. The van der Waals surface area contributed by atoms with E-state index in [0.29, 0.717) is 24.3 Å². The van der Waals surface area contributed by atoms with Gasteiger partial charge in [-0.05, 0) is 44.1 Å². The molecule has 0 aromatic heterocycles. The predicted octanol–water partition coefficient (Wildman–Crippen LogP) is 1.81. The van der Waals surface area contributed by atoms with E-state index in [4.69, 9.17) is 4.74 Å². The van der Waals surface area contributed by atoms with Gasteiger partial charge in [0.05, 0.1) is 30.4 Å². The molecule has 0 atom stereocenters. The third-order valence-electron chi connectivity index (χ3n) is 3.89. The van der Waals surface area contributed by atoms with Crippen molar-refractivity contribution in [2.24, 2.45) is 0 Å². The van der Waals surface area contributed by atoms with Gasteiger partial charge in [0.25, 0.3) is 11.8 Å². The average molecular weight is 353 g/mol. The molecule has 0 spiro atoms. The standard InChI is InChI=1S/C15H17BrN2O3/c16-10-1-2-12-13(9-10)15(20)18(14(12)19)7-8-21-11-3-5-17-6-4-11/h1-2,9,11,17H,3-8H2. The smallest absolute Gasteiger partial charge is 0.261 e. The number of hydrogen-bond acceptors (Lipinski definition) is 4. The summed E-state index contributed by atoms with van der Waals surface area (Å²) < 4.78 is 6.57.